The first kappa shape index (κ1) is 19.1. The normalized spacial score (nSPS) is 16.3. The van der Waals surface area contributed by atoms with E-state index in [-0.39, 0.29) is 23.7 Å². The molecular formula is C23H25N3O3. The summed E-state index contributed by atoms with van der Waals surface area (Å²) in [5, 5.41) is 10.6. The fourth-order valence-corrected chi connectivity index (χ4v) is 4.01. The lowest BCUT2D eigenvalue weighted by Crippen LogP contribution is -2.48. The Kier molecular flexibility index (Phi) is 5.01. The van der Waals surface area contributed by atoms with E-state index in [4.69, 9.17) is 0 Å². The van der Waals surface area contributed by atoms with E-state index in [9.17, 15) is 14.7 Å². The molecule has 6 heteroatoms. The summed E-state index contributed by atoms with van der Waals surface area (Å²) in [5.74, 6) is -0.769. The number of fused-ring (bicyclic) bond motifs is 1. The molecule has 6 nitrogen and oxygen atoms in total. The molecule has 0 fully saturated rings. The number of hydrogen-bond acceptors (Lipinski definition) is 3. The third kappa shape index (κ3) is 3.35. The topological polar surface area (TPSA) is 67.5 Å². The van der Waals surface area contributed by atoms with Crippen LogP contribution in [0.3, 0.4) is 0 Å². The van der Waals surface area contributed by atoms with Gasteiger partial charge < -0.3 is 10.0 Å². The van der Waals surface area contributed by atoms with Gasteiger partial charge in [-0.05, 0) is 31.4 Å². The lowest BCUT2D eigenvalue weighted by atomic mass is 10.0. The van der Waals surface area contributed by atoms with Crippen molar-refractivity contribution >= 4 is 5.91 Å². The van der Waals surface area contributed by atoms with Gasteiger partial charge in [0, 0.05) is 19.1 Å². The number of nitrogens with zero attached hydrogens (tertiary/aromatic N) is 3. The number of aromatic nitrogens is 2. The number of aryl methyl sites for hydroxylation is 1. The number of hydrogen-bond donors (Lipinski definition) is 1. The van der Waals surface area contributed by atoms with Crippen molar-refractivity contribution in [2.45, 2.75) is 38.9 Å². The number of carbonyl (C=O) groups excluding carboxylic acids is 1. The monoisotopic (exact) mass is 391 g/mol. The van der Waals surface area contributed by atoms with Crippen molar-refractivity contribution in [2.75, 3.05) is 6.54 Å². The highest BCUT2D eigenvalue weighted by molar-refractivity contribution is 5.96. The average molecular weight is 391 g/mol. The van der Waals surface area contributed by atoms with Crippen LogP contribution in [-0.4, -0.2) is 37.9 Å². The van der Waals surface area contributed by atoms with Gasteiger partial charge in [0.15, 0.2) is 5.69 Å². The summed E-state index contributed by atoms with van der Waals surface area (Å²) in [6, 6.07) is 19.4. The molecule has 29 heavy (non-hydrogen) atoms. The molecule has 1 amide bonds. The van der Waals surface area contributed by atoms with Gasteiger partial charge in [-0.25, -0.2) is 4.68 Å². The van der Waals surface area contributed by atoms with Gasteiger partial charge in [-0.3, -0.25) is 14.3 Å². The zero-order valence-electron chi connectivity index (χ0n) is 16.7. The summed E-state index contributed by atoms with van der Waals surface area (Å²) < 4.78 is 3.22. The molecule has 2 aromatic carbocycles. The molecule has 1 aromatic heterocycles. The SMILES string of the molecule is CC(C)N1CC(c2ccccc2)n2c(c(O)c(=O)n2CCc2ccccc2)C1=O. The summed E-state index contributed by atoms with van der Waals surface area (Å²) in [4.78, 5) is 27.7. The zero-order valence-corrected chi connectivity index (χ0v) is 16.7. The van der Waals surface area contributed by atoms with Gasteiger partial charge in [0.05, 0.1) is 6.04 Å². The highest BCUT2D eigenvalue weighted by Gasteiger charge is 2.39. The van der Waals surface area contributed by atoms with Crippen LogP contribution in [0.25, 0.3) is 0 Å². The average Bonchev–Trinajstić information content (AvgIpc) is 2.99. The smallest absolute Gasteiger partial charge is 0.309 e. The van der Waals surface area contributed by atoms with E-state index < -0.39 is 11.3 Å². The van der Waals surface area contributed by atoms with Crippen LogP contribution in [-0.2, 0) is 13.0 Å². The molecule has 0 saturated heterocycles. The summed E-state index contributed by atoms with van der Waals surface area (Å²) in [5.41, 5.74) is 1.65. The molecule has 1 aliphatic rings. The summed E-state index contributed by atoms with van der Waals surface area (Å²) in [6.45, 7) is 4.72. The molecule has 1 N–H and O–H groups in total. The van der Waals surface area contributed by atoms with E-state index in [1.54, 1.807) is 9.58 Å². The Morgan fingerprint density at radius 2 is 1.62 bits per heavy atom. The Balaban J connectivity index is 1.83. The number of carbonyl (C=O) groups is 1. The van der Waals surface area contributed by atoms with Crippen molar-refractivity contribution in [3.05, 3.63) is 87.8 Å². The number of amides is 1. The quantitative estimate of drug-likeness (QED) is 0.727. The third-order valence-corrected chi connectivity index (χ3v) is 5.54. The van der Waals surface area contributed by atoms with E-state index in [1.807, 2.05) is 74.5 Å². The minimum Gasteiger partial charge on any atom is -0.501 e. The van der Waals surface area contributed by atoms with Crippen molar-refractivity contribution in [2.24, 2.45) is 0 Å². The lowest BCUT2D eigenvalue weighted by Gasteiger charge is -2.37. The van der Waals surface area contributed by atoms with Crippen LogP contribution in [0.15, 0.2) is 65.5 Å². The molecule has 3 aromatic rings. The number of aromatic hydroxyl groups is 1. The van der Waals surface area contributed by atoms with Crippen molar-refractivity contribution in [3.63, 3.8) is 0 Å². The van der Waals surface area contributed by atoms with Crippen molar-refractivity contribution < 1.29 is 9.90 Å². The van der Waals surface area contributed by atoms with Crippen LogP contribution in [0.4, 0.5) is 0 Å². The van der Waals surface area contributed by atoms with E-state index in [0.717, 1.165) is 11.1 Å². The number of rotatable bonds is 5. The second-order valence-electron chi connectivity index (χ2n) is 7.68. The first-order valence-corrected chi connectivity index (χ1v) is 9.93. The van der Waals surface area contributed by atoms with Gasteiger partial charge in [-0.2, -0.15) is 0 Å². The fourth-order valence-electron chi connectivity index (χ4n) is 4.01. The molecule has 0 spiro atoms. The van der Waals surface area contributed by atoms with Crippen molar-refractivity contribution in [3.8, 4) is 5.75 Å². The van der Waals surface area contributed by atoms with E-state index in [0.29, 0.717) is 19.5 Å². The molecule has 1 aliphatic heterocycles. The summed E-state index contributed by atoms with van der Waals surface area (Å²) in [6.07, 6.45) is 0.632. The first-order valence-electron chi connectivity index (χ1n) is 9.93. The molecule has 2 heterocycles. The van der Waals surface area contributed by atoms with Gasteiger partial charge in [0.2, 0.25) is 5.75 Å². The minimum absolute atomic E-state index is 0.0374. The van der Waals surface area contributed by atoms with Crippen molar-refractivity contribution in [1.82, 2.24) is 14.3 Å². The molecule has 0 radical (unpaired) electrons. The van der Waals surface area contributed by atoms with Crippen LogP contribution in [0.1, 0.15) is 41.5 Å². The van der Waals surface area contributed by atoms with Gasteiger partial charge >= 0.3 is 5.56 Å². The molecule has 1 atom stereocenters. The van der Waals surface area contributed by atoms with E-state index in [2.05, 4.69) is 0 Å². The zero-order chi connectivity index (χ0) is 20.5. The second-order valence-corrected chi connectivity index (χ2v) is 7.68. The van der Waals surface area contributed by atoms with Crippen LogP contribution in [0, 0.1) is 0 Å². The Labute approximate surface area is 169 Å². The molecule has 150 valence electrons. The molecule has 0 saturated carbocycles. The maximum Gasteiger partial charge on any atom is 0.309 e. The fraction of sp³-hybridized carbons (Fsp3) is 0.304. The van der Waals surface area contributed by atoms with Gasteiger partial charge in [-0.15, -0.1) is 0 Å². The van der Waals surface area contributed by atoms with Crippen LogP contribution in [0.5, 0.6) is 5.75 Å². The Morgan fingerprint density at radius 1 is 1.00 bits per heavy atom. The third-order valence-electron chi connectivity index (χ3n) is 5.54. The standard InChI is InChI=1S/C23H25N3O3/c1-16(2)24-15-19(18-11-7-4-8-12-18)26-20(22(24)28)21(27)23(29)25(26)14-13-17-9-5-3-6-10-17/h3-12,16,19,27H,13-15H2,1-2H3. The second kappa shape index (κ2) is 7.62. The Bertz CT molecular complexity index is 1070. The van der Waals surface area contributed by atoms with Gasteiger partial charge in [0.25, 0.3) is 5.91 Å². The van der Waals surface area contributed by atoms with Crippen LogP contribution >= 0.6 is 0 Å². The molecule has 0 bridgehead atoms. The van der Waals surface area contributed by atoms with E-state index in [1.165, 1.54) is 4.68 Å². The van der Waals surface area contributed by atoms with E-state index >= 15 is 0 Å². The molecule has 0 aliphatic carbocycles. The summed E-state index contributed by atoms with van der Waals surface area (Å²) >= 11 is 0. The number of benzene rings is 2. The van der Waals surface area contributed by atoms with Crippen LogP contribution < -0.4 is 5.56 Å². The predicted octanol–water partition coefficient (Wildman–Crippen LogP) is 3.05. The molecule has 1 unspecified atom stereocenters. The largest absolute Gasteiger partial charge is 0.501 e. The highest BCUT2D eigenvalue weighted by atomic mass is 16.3. The van der Waals surface area contributed by atoms with Gasteiger partial charge in [0.1, 0.15) is 0 Å². The maximum absolute atomic E-state index is 13.1. The van der Waals surface area contributed by atoms with Gasteiger partial charge in [-0.1, -0.05) is 60.7 Å². The predicted molar refractivity (Wildman–Crippen MR) is 111 cm³/mol. The maximum atomic E-state index is 13.1. The van der Waals surface area contributed by atoms with Crippen molar-refractivity contribution in [1.29, 1.82) is 0 Å². The highest BCUT2D eigenvalue weighted by Crippen LogP contribution is 2.31. The van der Waals surface area contributed by atoms with Crippen LogP contribution in [0.2, 0.25) is 0 Å². The summed E-state index contributed by atoms with van der Waals surface area (Å²) in [7, 11) is 0. The molecular weight excluding hydrogens is 366 g/mol. The first-order chi connectivity index (χ1) is 14.0. The minimum atomic E-state index is -0.518. The molecule has 4 rings (SSSR count). The Hall–Kier alpha value is -3.28. The lowest BCUT2D eigenvalue weighted by molar-refractivity contribution is 0.0599. The Morgan fingerprint density at radius 3 is 2.24 bits per heavy atom.